The summed E-state index contributed by atoms with van der Waals surface area (Å²) >= 11 is 1.02. The zero-order chi connectivity index (χ0) is 4.28. The van der Waals surface area contributed by atoms with Crippen molar-refractivity contribution in [1.29, 1.82) is 0 Å². The van der Waals surface area contributed by atoms with E-state index in [0.717, 1.165) is 19.6 Å². The molecule has 0 radical (unpaired) electrons. The van der Waals surface area contributed by atoms with Crippen LogP contribution in [0.4, 0.5) is 0 Å². The van der Waals surface area contributed by atoms with Crippen LogP contribution in [0.2, 0.25) is 0 Å². The van der Waals surface area contributed by atoms with Crippen molar-refractivity contribution in [3.8, 4) is 0 Å². The Kier molecular flexibility index (Phi) is 2.44. The first-order chi connectivity index (χ1) is 2.27. The molecule has 0 atom stereocenters. The second-order valence-corrected chi connectivity index (χ2v) is 1.12. The van der Waals surface area contributed by atoms with Gasteiger partial charge in [-0.3, -0.25) is 0 Å². The summed E-state index contributed by atoms with van der Waals surface area (Å²) in [4.78, 5) is 9.60. The van der Waals surface area contributed by atoms with E-state index >= 15 is 0 Å². The van der Waals surface area contributed by atoms with Gasteiger partial charge in [0.15, 0.2) is 0 Å². The molecule has 0 heterocycles. The standard InChI is InChI=1S/C2H4O2.Re/c1-2(3)4;/h1H3,(H,3,4);/q;+1/p-1. The summed E-state index contributed by atoms with van der Waals surface area (Å²) in [6.07, 6.45) is 0. The number of carbonyl (C=O) groups excluding carboxylic acids is 1. The van der Waals surface area contributed by atoms with E-state index < -0.39 is 0 Å². The van der Waals surface area contributed by atoms with Gasteiger partial charge < -0.3 is 0 Å². The Morgan fingerprint density at radius 1 is 2.00 bits per heavy atom. The third-order valence-electron chi connectivity index (χ3n) is 0.109. The maximum absolute atomic E-state index is 9.60. The van der Waals surface area contributed by atoms with E-state index in [9.17, 15) is 4.79 Å². The van der Waals surface area contributed by atoms with Crippen LogP contribution < -0.4 is 0 Å². The second kappa shape index (κ2) is 2.37. The zero-order valence-corrected chi connectivity index (χ0v) is 5.41. The van der Waals surface area contributed by atoms with E-state index in [-0.39, 0.29) is 5.97 Å². The first-order valence-corrected chi connectivity index (χ1v) is 2.17. The summed E-state index contributed by atoms with van der Waals surface area (Å²) in [6.45, 7) is 1.38. The van der Waals surface area contributed by atoms with Crippen LogP contribution in [0, 0.1) is 0 Å². The van der Waals surface area contributed by atoms with Gasteiger partial charge in [0.1, 0.15) is 0 Å². The Labute approximate surface area is 41.3 Å². The van der Waals surface area contributed by atoms with Gasteiger partial charge >= 0.3 is 40.7 Å². The van der Waals surface area contributed by atoms with E-state index in [2.05, 4.69) is 3.46 Å². The van der Waals surface area contributed by atoms with Crippen LogP contribution in [-0.4, -0.2) is 5.97 Å². The Morgan fingerprint density at radius 2 is 2.20 bits per heavy atom. The number of hydrogen-bond donors (Lipinski definition) is 0. The van der Waals surface area contributed by atoms with Crippen LogP contribution in [0.15, 0.2) is 0 Å². The van der Waals surface area contributed by atoms with Gasteiger partial charge in [-0.05, 0) is 0 Å². The van der Waals surface area contributed by atoms with E-state index in [1.807, 2.05) is 0 Å². The van der Waals surface area contributed by atoms with Crippen molar-refractivity contribution in [1.82, 2.24) is 0 Å². The molecule has 3 heteroatoms. The van der Waals surface area contributed by atoms with Crippen molar-refractivity contribution in [2.45, 2.75) is 6.92 Å². The van der Waals surface area contributed by atoms with Crippen LogP contribution >= 0.6 is 0 Å². The number of carbonyl (C=O) groups is 1. The minimum absolute atomic E-state index is 0.221. The summed E-state index contributed by atoms with van der Waals surface area (Å²) in [7, 11) is 0. The average Bonchev–Trinajstić information content (AvgIpc) is 1.38. The van der Waals surface area contributed by atoms with Crippen LogP contribution in [0.25, 0.3) is 0 Å². The first-order valence-electron chi connectivity index (χ1n) is 1.06. The van der Waals surface area contributed by atoms with Crippen molar-refractivity contribution >= 4 is 5.97 Å². The molecule has 0 aliphatic carbocycles. The molecular weight excluding hydrogens is 242 g/mol. The molecule has 0 amide bonds. The second-order valence-electron chi connectivity index (χ2n) is 0.569. The SMILES string of the molecule is CC(=O)[O][Re]. The molecule has 0 aliphatic heterocycles. The van der Waals surface area contributed by atoms with E-state index in [1.54, 1.807) is 0 Å². The number of hydrogen-bond acceptors (Lipinski definition) is 2. The molecule has 0 aliphatic rings. The normalized spacial score (nSPS) is 6.80. The van der Waals surface area contributed by atoms with Gasteiger partial charge in [-0.2, -0.15) is 0 Å². The predicted molar refractivity (Wildman–Crippen MR) is 11.8 cm³/mol. The summed E-state index contributed by atoms with van der Waals surface area (Å²) < 4.78 is 4.17. The molecule has 0 saturated heterocycles. The molecule has 2 nitrogen and oxygen atoms in total. The van der Waals surface area contributed by atoms with Crippen LogP contribution in [0.3, 0.4) is 0 Å². The molecule has 0 aromatic heterocycles. The zero-order valence-electron chi connectivity index (χ0n) is 2.69. The molecule has 0 rings (SSSR count). The molecular formula is C2H3O2Re. The molecule has 30 valence electrons. The molecule has 0 saturated carbocycles. The van der Waals surface area contributed by atoms with Crippen molar-refractivity contribution in [2.75, 3.05) is 0 Å². The van der Waals surface area contributed by atoms with Crippen molar-refractivity contribution < 1.29 is 27.8 Å². The third kappa shape index (κ3) is 4.13. The van der Waals surface area contributed by atoms with E-state index in [4.69, 9.17) is 0 Å². The minimum atomic E-state index is -0.221. The quantitative estimate of drug-likeness (QED) is 0.601. The van der Waals surface area contributed by atoms with Gasteiger partial charge in [-0.15, -0.1) is 0 Å². The number of rotatable bonds is 0. The molecule has 0 fully saturated rings. The topological polar surface area (TPSA) is 26.3 Å². The van der Waals surface area contributed by atoms with Crippen LogP contribution in [0.5, 0.6) is 0 Å². The van der Waals surface area contributed by atoms with Gasteiger partial charge in [0.2, 0.25) is 0 Å². The molecule has 0 unspecified atom stereocenters. The molecule has 0 aromatic rings. The fourth-order valence-electron chi connectivity index (χ4n) is 0. The van der Waals surface area contributed by atoms with Gasteiger partial charge in [0.25, 0.3) is 0 Å². The van der Waals surface area contributed by atoms with Crippen LogP contribution in [0.1, 0.15) is 6.92 Å². The molecule has 0 N–H and O–H groups in total. The molecule has 5 heavy (non-hydrogen) atoms. The van der Waals surface area contributed by atoms with E-state index in [1.165, 1.54) is 6.92 Å². The summed E-state index contributed by atoms with van der Waals surface area (Å²) in [6, 6.07) is 0. The molecule has 0 aromatic carbocycles. The average molecular weight is 245 g/mol. The summed E-state index contributed by atoms with van der Waals surface area (Å²) in [5.74, 6) is -0.221. The fraction of sp³-hybridized carbons (Fsp3) is 0.500. The van der Waals surface area contributed by atoms with Crippen molar-refractivity contribution in [3.05, 3.63) is 0 Å². The Bertz CT molecular complexity index is 42.9. The van der Waals surface area contributed by atoms with Crippen molar-refractivity contribution in [2.24, 2.45) is 0 Å². The maximum atomic E-state index is 9.60. The molecule has 0 spiro atoms. The Balaban J connectivity index is 2.85. The molecule has 0 bridgehead atoms. The van der Waals surface area contributed by atoms with E-state index in [0.29, 0.717) is 0 Å². The first kappa shape index (κ1) is 5.13. The van der Waals surface area contributed by atoms with Gasteiger partial charge in [0.05, 0.1) is 0 Å². The third-order valence-corrected chi connectivity index (χ3v) is 0.889. The van der Waals surface area contributed by atoms with Gasteiger partial charge in [0, 0.05) is 0 Å². The Hall–Kier alpha value is 0.132. The monoisotopic (exact) mass is 246 g/mol. The van der Waals surface area contributed by atoms with Gasteiger partial charge in [-0.25, -0.2) is 0 Å². The predicted octanol–water partition coefficient (Wildman–Crippen LogP) is 0.0113. The van der Waals surface area contributed by atoms with Crippen molar-refractivity contribution in [3.63, 3.8) is 0 Å². The summed E-state index contributed by atoms with van der Waals surface area (Å²) in [5, 5.41) is 0. The Morgan fingerprint density at radius 3 is 2.20 bits per heavy atom. The van der Waals surface area contributed by atoms with Gasteiger partial charge in [-0.1, -0.05) is 0 Å². The van der Waals surface area contributed by atoms with Crippen LogP contribution in [-0.2, 0) is 27.8 Å². The summed E-state index contributed by atoms with van der Waals surface area (Å²) in [5.41, 5.74) is 0. The fourth-order valence-corrected chi connectivity index (χ4v) is 0.